The quantitative estimate of drug-likeness (QED) is 0.646. The largest absolute Gasteiger partial charge is 0.393 e. The van der Waals surface area contributed by atoms with E-state index in [2.05, 4.69) is 21.2 Å². The molecular formula is C13H16BrFN2O3. The first-order valence-corrected chi connectivity index (χ1v) is 7.32. The minimum Gasteiger partial charge on any atom is -0.393 e. The highest BCUT2D eigenvalue weighted by Gasteiger charge is 2.22. The van der Waals surface area contributed by atoms with Crippen molar-refractivity contribution in [2.75, 3.05) is 11.9 Å². The predicted octanol–water partition coefficient (Wildman–Crippen LogP) is 3.46. The van der Waals surface area contributed by atoms with Gasteiger partial charge in [0.1, 0.15) is 11.5 Å². The number of benzene rings is 1. The Morgan fingerprint density at radius 3 is 2.90 bits per heavy atom. The molecule has 0 amide bonds. The second kappa shape index (κ2) is 6.49. The molecule has 1 aromatic carbocycles. The Kier molecular flexibility index (Phi) is 4.93. The smallest absolute Gasteiger partial charge is 0.293 e. The lowest BCUT2D eigenvalue weighted by molar-refractivity contribution is -0.384. The number of nitrogens with zero attached hydrogens (tertiary/aromatic N) is 1. The Hall–Kier alpha value is -1.21. The molecule has 0 radical (unpaired) electrons. The first-order chi connectivity index (χ1) is 9.47. The highest BCUT2D eigenvalue weighted by Crippen LogP contribution is 2.32. The van der Waals surface area contributed by atoms with E-state index in [0.29, 0.717) is 13.0 Å². The molecule has 2 rings (SSSR count). The molecule has 1 fully saturated rings. The number of hydrogen-bond acceptors (Lipinski definition) is 4. The lowest BCUT2D eigenvalue weighted by atomic mass is 9.87. The fourth-order valence-electron chi connectivity index (χ4n) is 2.53. The molecule has 0 aliphatic heterocycles. The van der Waals surface area contributed by atoms with Gasteiger partial charge in [-0.15, -0.1) is 0 Å². The minimum absolute atomic E-state index is 0.0721. The maximum atomic E-state index is 13.5. The molecule has 1 aliphatic carbocycles. The molecule has 0 aromatic heterocycles. The third kappa shape index (κ3) is 3.67. The van der Waals surface area contributed by atoms with Gasteiger partial charge in [0, 0.05) is 18.7 Å². The van der Waals surface area contributed by atoms with Crippen LogP contribution in [0.5, 0.6) is 0 Å². The third-order valence-electron chi connectivity index (χ3n) is 3.57. The van der Waals surface area contributed by atoms with Gasteiger partial charge in [-0.3, -0.25) is 10.1 Å². The molecule has 1 aromatic rings. The fourth-order valence-corrected chi connectivity index (χ4v) is 2.86. The zero-order valence-electron chi connectivity index (χ0n) is 10.8. The van der Waals surface area contributed by atoms with E-state index in [4.69, 9.17) is 0 Å². The third-order valence-corrected chi connectivity index (χ3v) is 4.18. The van der Waals surface area contributed by atoms with E-state index < -0.39 is 10.7 Å². The Morgan fingerprint density at radius 1 is 1.50 bits per heavy atom. The van der Waals surface area contributed by atoms with Crippen molar-refractivity contribution in [1.29, 1.82) is 0 Å². The van der Waals surface area contributed by atoms with Crippen LogP contribution < -0.4 is 5.32 Å². The first kappa shape index (κ1) is 15.2. The van der Waals surface area contributed by atoms with Gasteiger partial charge >= 0.3 is 0 Å². The van der Waals surface area contributed by atoms with Gasteiger partial charge in [-0.1, -0.05) is 6.42 Å². The molecule has 2 atom stereocenters. The number of aliphatic hydroxyl groups excluding tert-OH is 1. The summed E-state index contributed by atoms with van der Waals surface area (Å²) in [4.78, 5) is 10.4. The van der Waals surface area contributed by atoms with Gasteiger partial charge in [0.25, 0.3) is 5.69 Å². The maximum Gasteiger partial charge on any atom is 0.293 e. The summed E-state index contributed by atoms with van der Waals surface area (Å²) in [6.07, 6.45) is 3.11. The van der Waals surface area contributed by atoms with Crippen LogP contribution in [0.3, 0.4) is 0 Å². The van der Waals surface area contributed by atoms with Gasteiger partial charge in [0.2, 0.25) is 0 Å². The molecule has 5 nitrogen and oxygen atoms in total. The van der Waals surface area contributed by atoms with Gasteiger partial charge in [0.05, 0.1) is 15.5 Å². The van der Waals surface area contributed by atoms with Crippen LogP contribution in [0, 0.1) is 21.8 Å². The summed E-state index contributed by atoms with van der Waals surface area (Å²) < 4.78 is 13.6. The lowest BCUT2D eigenvalue weighted by Crippen LogP contribution is -2.25. The van der Waals surface area contributed by atoms with Gasteiger partial charge in [-0.05, 0) is 41.1 Å². The van der Waals surface area contributed by atoms with E-state index in [-0.39, 0.29) is 27.9 Å². The summed E-state index contributed by atoms with van der Waals surface area (Å²) in [5.41, 5.74) is 0.0189. The summed E-state index contributed by atoms with van der Waals surface area (Å²) in [6, 6.07) is 2.29. The van der Waals surface area contributed by atoms with Crippen LogP contribution in [0.15, 0.2) is 16.6 Å². The summed E-state index contributed by atoms with van der Waals surface area (Å²) in [5.74, 6) is -0.285. The van der Waals surface area contributed by atoms with Crippen molar-refractivity contribution in [2.24, 2.45) is 5.92 Å². The molecular weight excluding hydrogens is 331 g/mol. The second-order valence-corrected chi connectivity index (χ2v) is 5.96. The Balaban J connectivity index is 2.08. The zero-order valence-corrected chi connectivity index (χ0v) is 12.4. The average Bonchev–Trinajstić information content (AvgIpc) is 2.39. The molecule has 110 valence electrons. The number of rotatable bonds is 4. The Labute approximate surface area is 124 Å². The van der Waals surface area contributed by atoms with Crippen LogP contribution >= 0.6 is 15.9 Å². The highest BCUT2D eigenvalue weighted by molar-refractivity contribution is 9.10. The Bertz CT molecular complexity index is 513. The van der Waals surface area contributed by atoms with Crippen molar-refractivity contribution in [3.8, 4) is 0 Å². The number of halogens is 2. The topological polar surface area (TPSA) is 75.4 Å². The van der Waals surface area contributed by atoms with Gasteiger partial charge in [-0.25, -0.2) is 4.39 Å². The van der Waals surface area contributed by atoms with Gasteiger partial charge < -0.3 is 10.4 Å². The van der Waals surface area contributed by atoms with Crippen LogP contribution in [0.25, 0.3) is 0 Å². The number of hydrogen-bond donors (Lipinski definition) is 2. The van der Waals surface area contributed by atoms with Gasteiger partial charge in [-0.2, -0.15) is 0 Å². The number of nitro benzene ring substituents is 1. The van der Waals surface area contributed by atoms with E-state index in [1.165, 1.54) is 0 Å². The van der Waals surface area contributed by atoms with Crippen molar-refractivity contribution in [3.05, 3.63) is 32.5 Å². The molecule has 0 heterocycles. The standard InChI is InChI=1S/C13H16BrFN2O3/c14-10-5-13(17(19)20)12(6-11(10)15)16-7-8-2-1-3-9(18)4-8/h5-6,8-9,16,18H,1-4,7H2. The van der Waals surface area contributed by atoms with Gasteiger partial charge in [0.15, 0.2) is 0 Å². The minimum atomic E-state index is -0.540. The van der Waals surface area contributed by atoms with Crippen molar-refractivity contribution >= 4 is 27.3 Å². The average molecular weight is 347 g/mol. The predicted molar refractivity (Wildman–Crippen MR) is 77.2 cm³/mol. The highest BCUT2D eigenvalue weighted by atomic mass is 79.9. The van der Waals surface area contributed by atoms with Crippen LogP contribution in [0.2, 0.25) is 0 Å². The summed E-state index contributed by atoms with van der Waals surface area (Å²) in [5, 5.41) is 23.5. The van der Waals surface area contributed by atoms with E-state index in [1.54, 1.807) is 0 Å². The molecule has 7 heteroatoms. The number of nitro groups is 1. The molecule has 2 unspecified atom stereocenters. The number of aliphatic hydroxyl groups is 1. The van der Waals surface area contributed by atoms with Crippen LogP contribution in [0.4, 0.5) is 15.8 Å². The number of anilines is 1. The lowest BCUT2D eigenvalue weighted by Gasteiger charge is -2.26. The zero-order chi connectivity index (χ0) is 14.7. The molecule has 0 saturated heterocycles. The van der Waals surface area contributed by atoms with Crippen molar-refractivity contribution in [2.45, 2.75) is 31.8 Å². The molecule has 1 saturated carbocycles. The maximum absolute atomic E-state index is 13.5. The molecule has 0 spiro atoms. The monoisotopic (exact) mass is 346 g/mol. The van der Waals surface area contributed by atoms with Crippen molar-refractivity contribution in [3.63, 3.8) is 0 Å². The van der Waals surface area contributed by atoms with Crippen LogP contribution in [0.1, 0.15) is 25.7 Å². The fraction of sp³-hybridized carbons (Fsp3) is 0.538. The van der Waals surface area contributed by atoms with Crippen molar-refractivity contribution in [1.82, 2.24) is 0 Å². The molecule has 2 N–H and O–H groups in total. The molecule has 1 aliphatic rings. The summed E-state index contributed by atoms with van der Waals surface area (Å²) in [7, 11) is 0. The van der Waals surface area contributed by atoms with Crippen LogP contribution in [-0.2, 0) is 0 Å². The number of nitrogens with one attached hydrogen (secondary N) is 1. The second-order valence-electron chi connectivity index (χ2n) is 5.11. The molecule has 0 bridgehead atoms. The van der Waals surface area contributed by atoms with Crippen LogP contribution in [-0.4, -0.2) is 22.7 Å². The summed E-state index contributed by atoms with van der Waals surface area (Å²) >= 11 is 2.94. The molecule has 20 heavy (non-hydrogen) atoms. The van der Waals surface area contributed by atoms with Crippen molar-refractivity contribution < 1.29 is 14.4 Å². The SMILES string of the molecule is O=[N+]([O-])c1cc(Br)c(F)cc1NCC1CCCC(O)C1. The van der Waals surface area contributed by atoms with E-state index >= 15 is 0 Å². The summed E-state index contributed by atoms with van der Waals surface area (Å²) in [6.45, 7) is 0.499. The van der Waals surface area contributed by atoms with E-state index in [9.17, 15) is 19.6 Å². The Morgan fingerprint density at radius 2 is 2.25 bits per heavy atom. The normalized spacial score (nSPS) is 22.6. The van der Waals surface area contributed by atoms with E-state index in [1.807, 2.05) is 0 Å². The first-order valence-electron chi connectivity index (χ1n) is 6.52. The van der Waals surface area contributed by atoms with E-state index in [0.717, 1.165) is 31.4 Å².